The van der Waals surface area contributed by atoms with Gasteiger partial charge >= 0.3 is 0 Å². The van der Waals surface area contributed by atoms with Crippen LogP contribution in [0.25, 0.3) is 0 Å². The molecular weight excluding hydrogens is 363 g/mol. The zero-order valence-electron chi connectivity index (χ0n) is 13.1. The third kappa shape index (κ3) is 4.57. The first kappa shape index (κ1) is 17.4. The normalized spacial score (nSPS) is 15.3. The molecular formula is C17H18Cl2N4S. The average Bonchev–Trinajstić information content (AvgIpc) is 2.59. The minimum Gasteiger partial charge on any atom is -0.346 e. The van der Waals surface area contributed by atoms with E-state index in [4.69, 9.17) is 35.4 Å². The van der Waals surface area contributed by atoms with Gasteiger partial charge in [-0.3, -0.25) is 9.88 Å². The first-order valence-electron chi connectivity index (χ1n) is 7.75. The van der Waals surface area contributed by atoms with Gasteiger partial charge in [0.2, 0.25) is 0 Å². The Labute approximate surface area is 157 Å². The molecule has 2 heterocycles. The molecule has 1 aromatic carbocycles. The minimum atomic E-state index is 0.568. The fraction of sp³-hybridized carbons (Fsp3) is 0.294. The largest absolute Gasteiger partial charge is 0.346 e. The number of halogens is 2. The fourth-order valence-corrected chi connectivity index (χ4v) is 3.36. The van der Waals surface area contributed by atoms with Gasteiger partial charge in [-0.1, -0.05) is 29.3 Å². The Morgan fingerprint density at radius 1 is 1.12 bits per heavy atom. The summed E-state index contributed by atoms with van der Waals surface area (Å²) in [6.07, 6.45) is 1.83. The lowest BCUT2D eigenvalue weighted by atomic mass is 10.2. The van der Waals surface area contributed by atoms with Crippen LogP contribution in [-0.4, -0.2) is 46.1 Å². The number of thiocarbonyl (C=S) groups is 1. The predicted molar refractivity (Wildman–Crippen MR) is 104 cm³/mol. The van der Waals surface area contributed by atoms with E-state index in [-0.39, 0.29) is 0 Å². The molecule has 0 spiro atoms. The highest BCUT2D eigenvalue weighted by atomic mass is 35.5. The molecule has 2 aromatic rings. The molecule has 126 valence electrons. The number of nitrogens with zero attached hydrogens (tertiary/aromatic N) is 3. The van der Waals surface area contributed by atoms with Crippen molar-refractivity contribution in [3.63, 3.8) is 0 Å². The topological polar surface area (TPSA) is 31.4 Å². The summed E-state index contributed by atoms with van der Waals surface area (Å²) in [5.41, 5.74) is 1.88. The summed E-state index contributed by atoms with van der Waals surface area (Å²) in [6.45, 7) is 4.53. The summed E-state index contributed by atoms with van der Waals surface area (Å²) in [4.78, 5) is 8.93. The van der Waals surface area contributed by atoms with Gasteiger partial charge in [-0.15, -0.1) is 0 Å². The number of hydrogen-bond acceptors (Lipinski definition) is 3. The Hall–Kier alpha value is -1.40. The highest BCUT2D eigenvalue weighted by Crippen LogP contribution is 2.25. The number of benzene rings is 1. The second-order valence-corrected chi connectivity index (χ2v) is 6.87. The van der Waals surface area contributed by atoms with Gasteiger partial charge < -0.3 is 10.2 Å². The third-order valence-electron chi connectivity index (χ3n) is 3.94. The minimum absolute atomic E-state index is 0.568. The van der Waals surface area contributed by atoms with Crippen molar-refractivity contribution < 1.29 is 0 Å². The highest BCUT2D eigenvalue weighted by molar-refractivity contribution is 7.80. The molecule has 1 aliphatic rings. The lowest BCUT2D eigenvalue weighted by Crippen LogP contribution is -2.49. The maximum absolute atomic E-state index is 6.19. The van der Waals surface area contributed by atoms with Crippen molar-refractivity contribution in [2.75, 3.05) is 31.5 Å². The standard InChI is InChI=1S/C17H18Cl2N4S/c18-13-4-5-16(15(19)11-13)21-17(24)23-9-7-22(8-10-23)12-14-3-1-2-6-20-14/h1-6,11H,7-10,12H2,(H,21,24). The van der Waals surface area contributed by atoms with Crippen molar-refractivity contribution in [2.45, 2.75) is 6.54 Å². The molecule has 0 atom stereocenters. The van der Waals surface area contributed by atoms with Crippen LogP contribution in [-0.2, 0) is 6.54 Å². The maximum Gasteiger partial charge on any atom is 0.173 e. The van der Waals surface area contributed by atoms with E-state index in [9.17, 15) is 0 Å². The molecule has 1 aromatic heterocycles. The number of piperazine rings is 1. The lowest BCUT2D eigenvalue weighted by Gasteiger charge is -2.36. The number of anilines is 1. The van der Waals surface area contributed by atoms with E-state index in [1.165, 1.54) is 0 Å². The van der Waals surface area contributed by atoms with Crippen LogP contribution in [0.3, 0.4) is 0 Å². The molecule has 0 radical (unpaired) electrons. The molecule has 0 saturated carbocycles. The molecule has 1 aliphatic heterocycles. The van der Waals surface area contributed by atoms with Crippen molar-refractivity contribution in [2.24, 2.45) is 0 Å². The summed E-state index contributed by atoms with van der Waals surface area (Å²) >= 11 is 17.6. The molecule has 0 unspecified atom stereocenters. The van der Waals surface area contributed by atoms with Gasteiger partial charge in [-0.2, -0.15) is 0 Å². The van der Waals surface area contributed by atoms with Gasteiger partial charge in [-0.25, -0.2) is 0 Å². The van der Waals surface area contributed by atoms with Crippen LogP contribution in [0, 0.1) is 0 Å². The highest BCUT2D eigenvalue weighted by Gasteiger charge is 2.19. The van der Waals surface area contributed by atoms with Crippen molar-refractivity contribution in [1.82, 2.24) is 14.8 Å². The molecule has 7 heteroatoms. The molecule has 24 heavy (non-hydrogen) atoms. The molecule has 1 fully saturated rings. The smallest absolute Gasteiger partial charge is 0.173 e. The van der Waals surface area contributed by atoms with Crippen LogP contribution in [0.5, 0.6) is 0 Å². The summed E-state index contributed by atoms with van der Waals surface area (Å²) < 4.78 is 0. The van der Waals surface area contributed by atoms with Crippen LogP contribution in [0.2, 0.25) is 10.0 Å². The second-order valence-electron chi connectivity index (χ2n) is 5.64. The lowest BCUT2D eigenvalue weighted by molar-refractivity contribution is 0.175. The summed E-state index contributed by atoms with van der Waals surface area (Å²) in [5, 5.41) is 5.08. The number of nitrogens with one attached hydrogen (secondary N) is 1. The van der Waals surface area contributed by atoms with Gasteiger partial charge in [0, 0.05) is 43.9 Å². The van der Waals surface area contributed by atoms with Gasteiger partial charge in [0.1, 0.15) is 0 Å². The maximum atomic E-state index is 6.19. The van der Waals surface area contributed by atoms with Gasteiger partial charge in [0.15, 0.2) is 5.11 Å². The number of hydrogen-bond donors (Lipinski definition) is 1. The third-order valence-corrected chi connectivity index (χ3v) is 4.85. The molecule has 0 amide bonds. The van der Waals surface area contributed by atoms with Crippen LogP contribution in [0.1, 0.15) is 5.69 Å². The predicted octanol–water partition coefficient (Wildman–Crippen LogP) is 3.90. The molecule has 0 bridgehead atoms. The number of rotatable bonds is 3. The Morgan fingerprint density at radius 2 is 1.92 bits per heavy atom. The first-order chi connectivity index (χ1) is 11.6. The molecule has 0 aliphatic carbocycles. The van der Waals surface area contributed by atoms with E-state index in [1.807, 2.05) is 24.4 Å². The van der Waals surface area contributed by atoms with Crippen LogP contribution >= 0.6 is 35.4 Å². The van der Waals surface area contributed by atoms with E-state index in [2.05, 4.69) is 26.2 Å². The van der Waals surface area contributed by atoms with Crippen molar-refractivity contribution in [3.8, 4) is 0 Å². The molecule has 1 N–H and O–H groups in total. The summed E-state index contributed by atoms with van der Waals surface area (Å²) in [6, 6.07) is 11.4. The summed E-state index contributed by atoms with van der Waals surface area (Å²) in [7, 11) is 0. The van der Waals surface area contributed by atoms with E-state index in [0.717, 1.165) is 44.1 Å². The number of pyridine rings is 1. The molecule has 4 nitrogen and oxygen atoms in total. The molecule has 3 rings (SSSR count). The van der Waals surface area contributed by atoms with Crippen LogP contribution in [0.4, 0.5) is 5.69 Å². The van der Waals surface area contributed by atoms with E-state index < -0.39 is 0 Å². The van der Waals surface area contributed by atoms with E-state index >= 15 is 0 Å². The van der Waals surface area contributed by atoms with E-state index in [1.54, 1.807) is 12.1 Å². The van der Waals surface area contributed by atoms with Gasteiger partial charge in [0.05, 0.1) is 16.4 Å². The van der Waals surface area contributed by atoms with Crippen molar-refractivity contribution >= 4 is 46.2 Å². The first-order valence-corrected chi connectivity index (χ1v) is 8.91. The average molecular weight is 381 g/mol. The SMILES string of the molecule is S=C(Nc1ccc(Cl)cc1Cl)N1CCN(Cc2ccccn2)CC1. The van der Waals surface area contributed by atoms with Crippen LogP contribution < -0.4 is 5.32 Å². The van der Waals surface area contributed by atoms with Crippen LogP contribution in [0.15, 0.2) is 42.6 Å². The quantitative estimate of drug-likeness (QED) is 0.815. The zero-order chi connectivity index (χ0) is 16.9. The van der Waals surface area contributed by atoms with Crippen molar-refractivity contribution in [3.05, 3.63) is 58.3 Å². The molecule has 1 saturated heterocycles. The Kier molecular flexibility index (Phi) is 5.89. The Bertz CT molecular complexity index is 703. The Morgan fingerprint density at radius 3 is 2.58 bits per heavy atom. The number of aromatic nitrogens is 1. The fourth-order valence-electron chi connectivity index (χ4n) is 2.61. The monoisotopic (exact) mass is 380 g/mol. The summed E-state index contributed by atoms with van der Waals surface area (Å²) in [5.74, 6) is 0. The Balaban J connectivity index is 1.51. The van der Waals surface area contributed by atoms with E-state index in [0.29, 0.717) is 15.2 Å². The second kappa shape index (κ2) is 8.12. The zero-order valence-corrected chi connectivity index (χ0v) is 15.4. The van der Waals surface area contributed by atoms with Crippen molar-refractivity contribution in [1.29, 1.82) is 0 Å². The van der Waals surface area contributed by atoms with Gasteiger partial charge in [-0.05, 0) is 42.5 Å². The van der Waals surface area contributed by atoms with Gasteiger partial charge in [0.25, 0.3) is 0 Å².